The summed E-state index contributed by atoms with van der Waals surface area (Å²) in [6.45, 7) is 7.32. The molecule has 0 fully saturated rings. The molecule has 0 bridgehead atoms. The first-order valence-electron chi connectivity index (χ1n) is 7.31. The Balaban J connectivity index is 0.000000220. The van der Waals surface area contributed by atoms with E-state index in [2.05, 4.69) is 42.9 Å². The first-order chi connectivity index (χ1) is 10.3. The Hall–Kier alpha value is -1.72. The largest absolute Gasteiger partial charge is 0.744 e. The van der Waals surface area contributed by atoms with Crippen LogP contribution in [0, 0.1) is 13.8 Å². The third kappa shape index (κ3) is 6.83. The highest BCUT2D eigenvalue weighted by Gasteiger charge is 1.98. The summed E-state index contributed by atoms with van der Waals surface area (Å²) in [6.07, 6.45) is 6.85. The molecule has 0 aliphatic carbocycles. The average Bonchev–Trinajstić information content (AvgIpc) is 2.45. The Morgan fingerprint density at radius 2 is 1.68 bits per heavy atom. The fourth-order valence-electron chi connectivity index (χ4n) is 1.84. The monoisotopic (exact) mass is 321 g/mol. The smallest absolute Gasteiger partial charge is 0.171 e. The van der Waals surface area contributed by atoms with E-state index in [0.29, 0.717) is 0 Å². The van der Waals surface area contributed by atoms with Crippen LogP contribution in [0.1, 0.15) is 30.9 Å². The number of hydrogen-bond donors (Lipinski definition) is 0. The van der Waals surface area contributed by atoms with Gasteiger partial charge in [0.05, 0.1) is 4.90 Å². The zero-order valence-corrected chi connectivity index (χ0v) is 14.1. The average molecular weight is 321 g/mol. The molecule has 1 aromatic carbocycles. The molecule has 0 aliphatic rings. The molecule has 120 valence electrons. The molecule has 0 saturated carbocycles. The van der Waals surface area contributed by atoms with E-state index >= 15 is 0 Å². The summed E-state index contributed by atoms with van der Waals surface area (Å²) in [6, 6.07) is 10.0. The molecule has 5 heteroatoms. The first kappa shape index (κ1) is 18.3. The van der Waals surface area contributed by atoms with E-state index in [1.54, 1.807) is 12.1 Å². The summed E-state index contributed by atoms with van der Waals surface area (Å²) in [5, 5.41) is 0. The van der Waals surface area contributed by atoms with Crippen molar-refractivity contribution in [2.45, 2.75) is 45.1 Å². The SMILES string of the molecule is CCCC[n+]1cccc(C)c1.Cc1ccc(S(=O)(=O)[O-])cc1. The van der Waals surface area contributed by atoms with Crippen molar-refractivity contribution in [1.82, 2.24) is 0 Å². The van der Waals surface area contributed by atoms with Gasteiger partial charge in [0, 0.05) is 18.1 Å². The number of pyridine rings is 1. The Morgan fingerprint density at radius 1 is 1.05 bits per heavy atom. The van der Waals surface area contributed by atoms with Crippen molar-refractivity contribution in [3.05, 3.63) is 59.9 Å². The Labute approximate surface area is 133 Å². The van der Waals surface area contributed by atoms with Crippen molar-refractivity contribution >= 4 is 10.1 Å². The molecular formula is C17H23NO3S. The Kier molecular flexibility index (Phi) is 7.21. The van der Waals surface area contributed by atoms with Gasteiger partial charge in [-0.25, -0.2) is 13.0 Å². The lowest BCUT2D eigenvalue weighted by atomic mass is 10.2. The van der Waals surface area contributed by atoms with E-state index in [4.69, 9.17) is 0 Å². The van der Waals surface area contributed by atoms with Crippen molar-refractivity contribution in [2.24, 2.45) is 0 Å². The minimum absolute atomic E-state index is 0.178. The van der Waals surface area contributed by atoms with Gasteiger partial charge in [-0.05, 0) is 32.0 Å². The van der Waals surface area contributed by atoms with Crippen molar-refractivity contribution in [3.8, 4) is 0 Å². The minimum atomic E-state index is -4.27. The number of benzene rings is 1. The molecule has 0 amide bonds. The maximum absolute atomic E-state index is 10.4. The molecule has 0 atom stereocenters. The lowest BCUT2D eigenvalue weighted by Gasteiger charge is -2.05. The molecule has 2 aromatic rings. The van der Waals surface area contributed by atoms with Crippen LogP contribution in [0.25, 0.3) is 0 Å². The summed E-state index contributed by atoms with van der Waals surface area (Å²) in [5.41, 5.74) is 2.26. The van der Waals surface area contributed by atoms with E-state index < -0.39 is 10.1 Å². The van der Waals surface area contributed by atoms with Gasteiger partial charge in [0.1, 0.15) is 16.7 Å². The predicted molar refractivity (Wildman–Crippen MR) is 85.4 cm³/mol. The summed E-state index contributed by atoms with van der Waals surface area (Å²) >= 11 is 0. The summed E-state index contributed by atoms with van der Waals surface area (Å²) < 4.78 is 33.4. The summed E-state index contributed by atoms with van der Waals surface area (Å²) in [5.74, 6) is 0. The molecule has 0 aliphatic heterocycles. The Bertz CT molecular complexity index is 679. The molecule has 0 N–H and O–H groups in total. The third-order valence-electron chi connectivity index (χ3n) is 3.09. The number of aromatic nitrogens is 1. The number of nitrogens with zero attached hydrogens (tertiary/aromatic N) is 1. The Morgan fingerprint density at radius 3 is 2.18 bits per heavy atom. The number of hydrogen-bond acceptors (Lipinski definition) is 3. The maximum atomic E-state index is 10.4. The molecule has 2 rings (SSSR count). The summed E-state index contributed by atoms with van der Waals surface area (Å²) in [7, 11) is -4.27. The highest BCUT2D eigenvalue weighted by Crippen LogP contribution is 2.08. The summed E-state index contributed by atoms with van der Waals surface area (Å²) in [4.78, 5) is -0.178. The first-order valence-corrected chi connectivity index (χ1v) is 8.72. The van der Waals surface area contributed by atoms with Gasteiger partial charge >= 0.3 is 0 Å². The van der Waals surface area contributed by atoms with Gasteiger partial charge in [-0.2, -0.15) is 0 Å². The van der Waals surface area contributed by atoms with Crippen molar-refractivity contribution in [3.63, 3.8) is 0 Å². The quantitative estimate of drug-likeness (QED) is 0.642. The number of rotatable bonds is 4. The lowest BCUT2D eigenvalue weighted by Crippen LogP contribution is -2.32. The van der Waals surface area contributed by atoms with E-state index in [9.17, 15) is 13.0 Å². The van der Waals surface area contributed by atoms with Crippen LogP contribution in [0.5, 0.6) is 0 Å². The number of unbranched alkanes of at least 4 members (excludes halogenated alkanes) is 1. The minimum Gasteiger partial charge on any atom is -0.744 e. The molecule has 4 nitrogen and oxygen atoms in total. The molecule has 0 radical (unpaired) electrons. The van der Waals surface area contributed by atoms with Crippen LogP contribution in [0.3, 0.4) is 0 Å². The second-order valence-corrected chi connectivity index (χ2v) is 6.62. The van der Waals surface area contributed by atoms with Crippen LogP contribution in [0.4, 0.5) is 0 Å². The topological polar surface area (TPSA) is 61.1 Å². The van der Waals surface area contributed by atoms with E-state index in [1.807, 2.05) is 6.92 Å². The van der Waals surface area contributed by atoms with E-state index in [-0.39, 0.29) is 4.90 Å². The lowest BCUT2D eigenvalue weighted by molar-refractivity contribution is -0.697. The van der Waals surface area contributed by atoms with Crippen LogP contribution < -0.4 is 4.57 Å². The fraction of sp³-hybridized carbons (Fsp3) is 0.353. The second-order valence-electron chi connectivity index (χ2n) is 5.24. The molecule has 0 saturated heterocycles. The molecule has 0 spiro atoms. The van der Waals surface area contributed by atoms with Gasteiger partial charge in [-0.3, -0.25) is 0 Å². The predicted octanol–water partition coefficient (Wildman–Crippen LogP) is 2.98. The van der Waals surface area contributed by atoms with Gasteiger partial charge in [0.25, 0.3) is 0 Å². The van der Waals surface area contributed by atoms with E-state index in [0.717, 1.165) is 12.1 Å². The van der Waals surface area contributed by atoms with E-state index in [1.165, 1.54) is 30.5 Å². The third-order valence-corrected chi connectivity index (χ3v) is 3.94. The van der Waals surface area contributed by atoms with Gasteiger partial charge in [0.15, 0.2) is 12.4 Å². The highest BCUT2D eigenvalue weighted by molar-refractivity contribution is 7.85. The maximum Gasteiger partial charge on any atom is 0.171 e. The van der Waals surface area contributed by atoms with Crippen LogP contribution >= 0.6 is 0 Å². The normalized spacial score (nSPS) is 10.7. The molecule has 1 heterocycles. The van der Waals surface area contributed by atoms with Crippen LogP contribution in [-0.4, -0.2) is 13.0 Å². The molecular weight excluding hydrogens is 298 g/mol. The molecule has 22 heavy (non-hydrogen) atoms. The fourth-order valence-corrected chi connectivity index (χ4v) is 2.31. The van der Waals surface area contributed by atoms with Crippen molar-refractivity contribution in [2.75, 3.05) is 0 Å². The standard InChI is InChI=1S/C10H16N.C7H8O3S/c1-3-4-7-11-8-5-6-10(2)9-11;1-6-2-4-7(5-3-6)11(8,9)10/h5-6,8-9H,3-4,7H2,1-2H3;2-5H,1H3,(H,8,9,10)/q+1;/p-1. The zero-order chi connectivity index (χ0) is 16.6. The molecule has 1 aromatic heterocycles. The van der Waals surface area contributed by atoms with Crippen LogP contribution in [-0.2, 0) is 16.7 Å². The van der Waals surface area contributed by atoms with Crippen LogP contribution in [0.2, 0.25) is 0 Å². The van der Waals surface area contributed by atoms with Gasteiger partial charge in [-0.1, -0.05) is 31.0 Å². The van der Waals surface area contributed by atoms with Crippen LogP contribution in [0.15, 0.2) is 53.7 Å². The van der Waals surface area contributed by atoms with Crippen molar-refractivity contribution in [1.29, 1.82) is 0 Å². The van der Waals surface area contributed by atoms with Gasteiger partial charge in [0.2, 0.25) is 0 Å². The number of aryl methyl sites for hydroxylation is 3. The zero-order valence-electron chi connectivity index (χ0n) is 13.3. The second kappa shape index (κ2) is 8.66. The molecule has 0 unspecified atom stereocenters. The van der Waals surface area contributed by atoms with Gasteiger partial charge in [-0.15, -0.1) is 0 Å². The van der Waals surface area contributed by atoms with Crippen molar-refractivity contribution < 1.29 is 17.5 Å². The highest BCUT2D eigenvalue weighted by atomic mass is 32.2. The van der Waals surface area contributed by atoms with Gasteiger partial charge < -0.3 is 4.55 Å².